The van der Waals surface area contributed by atoms with Gasteiger partial charge in [-0.3, -0.25) is 28.9 Å². The molecule has 5 N–H and O–H groups in total. The van der Waals surface area contributed by atoms with E-state index < -0.39 is 41.6 Å². The number of fused-ring (bicyclic) bond motifs is 1. The molecule has 0 bridgehead atoms. The molecule has 16 nitrogen and oxygen atoms in total. The van der Waals surface area contributed by atoms with E-state index in [0.717, 1.165) is 69.0 Å². The summed E-state index contributed by atoms with van der Waals surface area (Å²) in [5, 5.41) is 23.7. The molecule has 4 amide bonds. The maximum absolute atomic E-state index is 15.6. The second-order valence-corrected chi connectivity index (χ2v) is 15.1. The number of benzene rings is 2. The third-order valence-corrected chi connectivity index (χ3v) is 11.4. The van der Waals surface area contributed by atoms with Crippen LogP contribution in [-0.2, 0) is 9.59 Å². The quantitative estimate of drug-likeness (QED) is 0.181. The van der Waals surface area contributed by atoms with Crippen LogP contribution in [0.25, 0.3) is 0 Å². The molecule has 0 saturated carbocycles. The van der Waals surface area contributed by atoms with Crippen molar-refractivity contribution in [2.45, 2.75) is 56.6 Å². The normalized spacial score (nSPS) is 23.7. The number of aliphatic hydroxyl groups excluding tert-OH is 1. The lowest BCUT2D eigenvalue weighted by molar-refractivity contribution is -0.136. The van der Waals surface area contributed by atoms with E-state index in [2.05, 4.69) is 35.6 Å². The van der Waals surface area contributed by atoms with Crippen LogP contribution in [0.1, 0.15) is 81.2 Å². The minimum atomic E-state index is -1.43. The summed E-state index contributed by atoms with van der Waals surface area (Å²) < 4.78 is 15.6. The zero-order valence-electron chi connectivity index (χ0n) is 30.2. The lowest BCUT2D eigenvalue weighted by atomic mass is 9.88. The van der Waals surface area contributed by atoms with Crippen LogP contribution in [-0.4, -0.2) is 124 Å². The molecule has 8 rings (SSSR count). The van der Waals surface area contributed by atoms with Crippen LogP contribution < -0.4 is 26.2 Å². The summed E-state index contributed by atoms with van der Waals surface area (Å²) in [5.41, 5.74) is 7.61. The predicted octanol–water partition coefficient (Wildman–Crippen LogP) is 1.57. The maximum Gasteiger partial charge on any atom is 0.273 e. The number of halogens is 1. The Morgan fingerprint density at radius 2 is 1.73 bits per heavy atom. The number of imide groups is 1. The summed E-state index contributed by atoms with van der Waals surface area (Å²) >= 11 is 0. The molecule has 3 atom stereocenters. The predicted molar refractivity (Wildman–Crippen MR) is 198 cm³/mol. The number of amides is 4. The van der Waals surface area contributed by atoms with Gasteiger partial charge in [0, 0.05) is 57.1 Å². The third kappa shape index (κ3) is 7.21. The summed E-state index contributed by atoms with van der Waals surface area (Å²) in [5.74, 6) is -2.75. The van der Waals surface area contributed by atoms with E-state index in [9.17, 15) is 29.1 Å². The highest BCUT2D eigenvalue weighted by atomic mass is 19.1. The van der Waals surface area contributed by atoms with E-state index in [-0.39, 0.29) is 53.3 Å². The van der Waals surface area contributed by atoms with Crippen molar-refractivity contribution in [3.05, 3.63) is 64.6 Å². The molecule has 17 heteroatoms. The molecule has 2 aromatic carbocycles. The van der Waals surface area contributed by atoms with E-state index in [1.807, 2.05) is 6.07 Å². The van der Waals surface area contributed by atoms with Crippen molar-refractivity contribution < 1.29 is 33.5 Å². The van der Waals surface area contributed by atoms with E-state index >= 15 is 4.39 Å². The van der Waals surface area contributed by atoms with Crippen LogP contribution in [0.5, 0.6) is 0 Å². The van der Waals surface area contributed by atoms with Gasteiger partial charge in [0.05, 0.1) is 17.2 Å². The van der Waals surface area contributed by atoms with Gasteiger partial charge in [0.15, 0.2) is 23.3 Å². The lowest BCUT2D eigenvalue weighted by Crippen LogP contribution is -2.57. The number of primary amides is 1. The van der Waals surface area contributed by atoms with Crippen molar-refractivity contribution in [3.8, 4) is 0 Å². The number of nitrogens with two attached hydrogens (primary N) is 1. The molecule has 288 valence electrons. The zero-order chi connectivity index (χ0) is 38.4. The van der Waals surface area contributed by atoms with Crippen molar-refractivity contribution in [1.82, 2.24) is 30.3 Å². The van der Waals surface area contributed by atoms with Crippen LogP contribution in [0.4, 0.5) is 27.5 Å². The molecule has 5 aliphatic rings. The van der Waals surface area contributed by atoms with E-state index in [4.69, 9.17) is 5.73 Å². The van der Waals surface area contributed by atoms with Gasteiger partial charge in [0.25, 0.3) is 23.6 Å². The topological polar surface area (TPSA) is 207 Å². The summed E-state index contributed by atoms with van der Waals surface area (Å²) in [7, 11) is 0. The molecule has 6 heterocycles. The fourth-order valence-corrected chi connectivity index (χ4v) is 8.55. The molecule has 4 saturated heterocycles. The standard InChI is InChI=1S/C38H43FN10O6/c39-29-16-23(42-34-31(33(40)52)44-45-38(43-34)48-12-1-2-25(50)20-48)3-5-26(29)22-9-13-46(14-10-22)18-21-8-15-47(19-21)24-4-6-27-28(17-24)37(55)49(36(27)54)32-30(51)7-11-41-35(32)53/h3-6,16-17,21-22,25,32,50H,1-2,7-15,18-20H2,(H2,40,52)(H,41,53)(H,42,43,45). The number of piperidine rings is 3. The van der Waals surface area contributed by atoms with Crippen molar-refractivity contribution in [3.63, 3.8) is 0 Å². The Bertz CT molecular complexity index is 2040. The minimum absolute atomic E-state index is 0.0469. The molecule has 3 unspecified atom stereocenters. The number of ketones is 1. The van der Waals surface area contributed by atoms with Crippen LogP contribution in [0, 0.1) is 11.7 Å². The number of aromatic nitrogens is 3. The van der Waals surface area contributed by atoms with E-state index in [0.29, 0.717) is 36.7 Å². The molecule has 5 aliphatic heterocycles. The Morgan fingerprint density at radius 3 is 2.47 bits per heavy atom. The first-order valence-corrected chi connectivity index (χ1v) is 18.9. The Morgan fingerprint density at radius 1 is 0.927 bits per heavy atom. The molecule has 0 radical (unpaired) electrons. The minimum Gasteiger partial charge on any atom is -0.391 e. The number of anilines is 4. The van der Waals surface area contributed by atoms with Crippen molar-refractivity contribution in [2.75, 3.05) is 67.5 Å². The van der Waals surface area contributed by atoms with Gasteiger partial charge in [0.2, 0.25) is 5.95 Å². The van der Waals surface area contributed by atoms with E-state index in [1.54, 1.807) is 29.2 Å². The second-order valence-electron chi connectivity index (χ2n) is 15.1. The van der Waals surface area contributed by atoms with Crippen LogP contribution in [0.3, 0.4) is 0 Å². The monoisotopic (exact) mass is 754 g/mol. The molecule has 0 aliphatic carbocycles. The lowest BCUT2D eigenvalue weighted by Gasteiger charge is -2.34. The van der Waals surface area contributed by atoms with Crippen LogP contribution in [0.2, 0.25) is 0 Å². The van der Waals surface area contributed by atoms with Gasteiger partial charge in [-0.15, -0.1) is 10.2 Å². The first-order valence-electron chi connectivity index (χ1n) is 18.9. The van der Waals surface area contributed by atoms with Gasteiger partial charge in [0.1, 0.15) is 5.82 Å². The van der Waals surface area contributed by atoms with Gasteiger partial charge in [-0.25, -0.2) is 4.39 Å². The first kappa shape index (κ1) is 36.4. The Labute approximate surface area is 316 Å². The number of carbonyl (C=O) groups excluding carboxylic acids is 5. The fraction of sp³-hybridized carbons (Fsp3) is 0.474. The highest BCUT2D eigenvalue weighted by molar-refractivity contribution is 6.26. The van der Waals surface area contributed by atoms with Crippen molar-refractivity contribution in [2.24, 2.45) is 11.7 Å². The third-order valence-electron chi connectivity index (χ3n) is 11.4. The number of nitrogens with one attached hydrogen (secondary N) is 2. The SMILES string of the molecule is NC(=O)c1nnc(N2CCCC(O)C2)nc1Nc1ccc(C2CCN(CC3CCN(c4ccc5c(c4)C(=O)N(C4C(=O)CCNC4=O)C5=O)C3)CC2)c(F)c1. The maximum atomic E-state index is 15.6. The highest BCUT2D eigenvalue weighted by Gasteiger charge is 2.47. The zero-order valence-corrected chi connectivity index (χ0v) is 30.2. The summed E-state index contributed by atoms with van der Waals surface area (Å²) in [6.07, 6.45) is 3.55. The fourth-order valence-electron chi connectivity index (χ4n) is 8.55. The molecule has 4 fully saturated rings. The number of likely N-dealkylation sites (tertiary alicyclic amines) is 1. The number of hydrogen-bond donors (Lipinski definition) is 4. The first-order chi connectivity index (χ1) is 26.5. The number of β-amino-alcohol motifs (C(OH)–C–C–N with tert-alkyl or cyclic N) is 1. The molecule has 55 heavy (non-hydrogen) atoms. The summed E-state index contributed by atoms with van der Waals surface area (Å²) in [4.78, 5) is 75.1. The average Bonchev–Trinajstić information content (AvgIpc) is 3.73. The Kier molecular flexibility index (Phi) is 9.89. The van der Waals surface area contributed by atoms with Crippen LogP contribution >= 0.6 is 0 Å². The molecule has 0 spiro atoms. The van der Waals surface area contributed by atoms with E-state index in [1.165, 1.54) is 6.07 Å². The Hall–Kier alpha value is -5.55. The number of rotatable bonds is 9. The van der Waals surface area contributed by atoms with Gasteiger partial charge >= 0.3 is 0 Å². The smallest absolute Gasteiger partial charge is 0.273 e. The molecule has 1 aromatic heterocycles. The number of aliphatic hydroxyl groups is 1. The number of nitrogens with zero attached hydrogens (tertiary/aromatic N) is 7. The molecular formula is C38H43FN10O6. The summed E-state index contributed by atoms with van der Waals surface area (Å²) in [6, 6.07) is 8.60. The highest BCUT2D eigenvalue weighted by Crippen LogP contribution is 2.35. The average molecular weight is 755 g/mol. The number of carbonyl (C=O) groups is 5. The van der Waals surface area contributed by atoms with Gasteiger partial charge in [-0.2, -0.15) is 4.98 Å². The Balaban J connectivity index is 0.856. The van der Waals surface area contributed by atoms with Gasteiger partial charge < -0.3 is 36.2 Å². The van der Waals surface area contributed by atoms with Gasteiger partial charge in [-0.05, 0) is 92.9 Å². The van der Waals surface area contributed by atoms with Gasteiger partial charge in [-0.1, -0.05) is 6.07 Å². The second kappa shape index (κ2) is 14.9. The van der Waals surface area contributed by atoms with Crippen LogP contribution in [0.15, 0.2) is 36.4 Å². The molecular weight excluding hydrogens is 711 g/mol. The van der Waals surface area contributed by atoms with Crippen molar-refractivity contribution in [1.29, 1.82) is 0 Å². The largest absolute Gasteiger partial charge is 0.391 e. The van der Waals surface area contributed by atoms with Crippen molar-refractivity contribution >= 4 is 52.6 Å². The molecule has 3 aromatic rings. The summed E-state index contributed by atoms with van der Waals surface area (Å²) in [6.45, 7) is 5.26. The number of Topliss-reactive ketones (excluding diaryl/α,β-unsaturated/α-hetero) is 1. The number of hydrogen-bond acceptors (Lipinski definition) is 13.